The van der Waals surface area contributed by atoms with Gasteiger partial charge in [-0.2, -0.15) is 0 Å². The van der Waals surface area contributed by atoms with Gasteiger partial charge in [0.15, 0.2) is 0 Å². The van der Waals surface area contributed by atoms with Gasteiger partial charge in [0.05, 0.1) is 10.6 Å². The van der Waals surface area contributed by atoms with E-state index in [1.54, 1.807) is 12.1 Å². The Hall–Kier alpha value is -0.470. The smallest absolute Gasteiger partial charge is 0.349 e. The lowest BCUT2D eigenvalue weighted by Crippen LogP contribution is -2.20. The fraction of sp³-hybridized carbons (Fsp3) is 0.250. The normalized spacial score (nSPS) is 16.5. The molecule has 0 aliphatic rings. The van der Waals surface area contributed by atoms with Crippen LogP contribution in [0.15, 0.2) is 24.3 Å². The quantitative estimate of drug-likeness (QED) is 0.767. The molecule has 0 bridgehead atoms. The summed E-state index contributed by atoms with van der Waals surface area (Å²) >= 11 is 5.73. The van der Waals surface area contributed by atoms with Gasteiger partial charge in [0.25, 0.3) is 5.34 Å². The standard InChI is InChI=1S/C8H8ClO3P/c1-8(10,13(11)12)6-4-2-3-5-7(6)9/h2-5,10H,1H3. The van der Waals surface area contributed by atoms with Gasteiger partial charge >= 0.3 is 8.03 Å². The lowest BCUT2D eigenvalue weighted by Gasteiger charge is -2.15. The highest BCUT2D eigenvalue weighted by molar-refractivity contribution is 7.37. The fourth-order valence-electron chi connectivity index (χ4n) is 0.944. The fourth-order valence-corrected chi connectivity index (χ4v) is 1.72. The Morgan fingerprint density at radius 3 is 2.54 bits per heavy atom. The molecular weight excluding hydrogens is 211 g/mol. The monoisotopic (exact) mass is 218 g/mol. The summed E-state index contributed by atoms with van der Waals surface area (Å²) < 4.78 is 10.7. The van der Waals surface area contributed by atoms with Crippen LogP contribution in [0.5, 0.6) is 0 Å². The first-order valence-corrected chi connectivity index (χ1v) is 5.13. The zero-order valence-corrected chi connectivity index (χ0v) is 8.55. The lowest BCUT2D eigenvalue weighted by atomic mass is 10.1. The van der Waals surface area contributed by atoms with Gasteiger partial charge in [-0.05, 0) is 6.07 Å². The molecule has 2 atom stereocenters. The highest BCUT2D eigenvalue weighted by Gasteiger charge is 2.38. The minimum absolute atomic E-state index is 0.202. The summed E-state index contributed by atoms with van der Waals surface area (Å²) in [6.07, 6.45) is 0. The van der Waals surface area contributed by atoms with Crippen LogP contribution >= 0.6 is 19.6 Å². The van der Waals surface area contributed by atoms with Crippen molar-refractivity contribution in [3.63, 3.8) is 0 Å². The van der Waals surface area contributed by atoms with Gasteiger partial charge in [-0.15, -0.1) is 0 Å². The van der Waals surface area contributed by atoms with Gasteiger partial charge in [0.2, 0.25) is 0 Å². The van der Waals surface area contributed by atoms with E-state index < -0.39 is 13.4 Å². The molecule has 3 nitrogen and oxygen atoms in total. The molecule has 13 heavy (non-hydrogen) atoms. The summed E-state index contributed by atoms with van der Waals surface area (Å²) in [6, 6.07) is 6.30. The number of hydrogen-bond donors (Lipinski definition) is 1. The minimum Gasteiger partial charge on any atom is -0.593 e. The SMILES string of the molecule is CC(O)(c1ccccc1Cl)[P+](=O)[O-]. The van der Waals surface area contributed by atoms with Gasteiger partial charge in [-0.3, -0.25) is 0 Å². The Labute approximate surface area is 81.8 Å². The second-order valence-corrected chi connectivity index (χ2v) is 4.55. The van der Waals surface area contributed by atoms with Crippen molar-refractivity contribution >= 4 is 19.6 Å². The topological polar surface area (TPSA) is 60.4 Å². The number of benzene rings is 1. The molecule has 5 heteroatoms. The summed E-state index contributed by atoms with van der Waals surface area (Å²) in [5.74, 6) is 0. The molecule has 1 N–H and O–H groups in total. The van der Waals surface area contributed by atoms with E-state index in [0.717, 1.165) is 0 Å². The van der Waals surface area contributed by atoms with Crippen molar-refractivity contribution in [2.75, 3.05) is 0 Å². The average Bonchev–Trinajstić information content (AvgIpc) is 2.04. The number of rotatable bonds is 2. The Balaban J connectivity index is 3.22. The van der Waals surface area contributed by atoms with E-state index in [0.29, 0.717) is 0 Å². The lowest BCUT2D eigenvalue weighted by molar-refractivity contribution is -0.179. The van der Waals surface area contributed by atoms with Crippen LogP contribution in [0.25, 0.3) is 0 Å². The van der Waals surface area contributed by atoms with Crippen LogP contribution < -0.4 is 4.89 Å². The molecule has 1 rings (SSSR count). The third kappa shape index (κ3) is 2.06. The minimum atomic E-state index is -2.97. The molecule has 0 heterocycles. The van der Waals surface area contributed by atoms with E-state index >= 15 is 0 Å². The molecule has 0 saturated carbocycles. The second-order valence-electron chi connectivity index (χ2n) is 2.76. The van der Waals surface area contributed by atoms with Gasteiger partial charge in [0.1, 0.15) is 0 Å². The number of hydrogen-bond acceptors (Lipinski definition) is 3. The summed E-state index contributed by atoms with van der Waals surface area (Å²) in [4.78, 5) is 10.7. The van der Waals surface area contributed by atoms with Crippen molar-refractivity contribution in [1.82, 2.24) is 0 Å². The Kier molecular flexibility index (Phi) is 3.04. The van der Waals surface area contributed by atoms with Crippen LogP contribution in [0.3, 0.4) is 0 Å². The van der Waals surface area contributed by atoms with Crippen LogP contribution in [-0.2, 0) is 9.91 Å². The van der Waals surface area contributed by atoms with E-state index in [9.17, 15) is 14.6 Å². The summed E-state index contributed by atoms with van der Waals surface area (Å²) in [5.41, 5.74) is 0.202. The average molecular weight is 219 g/mol. The molecule has 1 aromatic carbocycles. The van der Waals surface area contributed by atoms with Gasteiger partial charge < -0.3 is 10.00 Å². The molecule has 0 aliphatic heterocycles. The number of halogens is 1. The molecule has 0 saturated heterocycles. The van der Waals surface area contributed by atoms with Crippen LogP contribution in [-0.4, -0.2) is 5.11 Å². The predicted molar refractivity (Wildman–Crippen MR) is 48.6 cm³/mol. The van der Waals surface area contributed by atoms with Crippen LogP contribution in [0.4, 0.5) is 0 Å². The summed E-state index contributed by atoms with van der Waals surface area (Å²) in [5, 5.41) is 7.91. The Morgan fingerprint density at radius 2 is 2.08 bits per heavy atom. The molecule has 0 aliphatic carbocycles. The third-order valence-electron chi connectivity index (χ3n) is 1.74. The highest BCUT2D eigenvalue weighted by Crippen LogP contribution is 2.41. The van der Waals surface area contributed by atoms with Gasteiger partial charge in [-0.1, -0.05) is 34.4 Å². The van der Waals surface area contributed by atoms with Crippen LogP contribution in [0, 0.1) is 0 Å². The van der Waals surface area contributed by atoms with Crippen molar-refractivity contribution < 1.29 is 14.6 Å². The van der Waals surface area contributed by atoms with E-state index in [1.807, 2.05) is 0 Å². The van der Waals surface area contributed by atoms with Crippen molar-refractivity contribution in [2.45, 2.75) is 12.3 Å². The molecule has 2 unspecified atom stereocenters. The Bertz CT molecular complexity index is 338. The predicted octanol–water partition coefficient (Wildman–Crippen LogP) is 1.61. The molecule has 0 spiro atoms. The first-order chi connectivity index (χ1) is 5.96. The molecule has 0 radical (unpaired) electrons. The maximum absolute atomic E-state index is 10.7. The van der Waals surface area contributed by atoms with Crippen LogP contribution in [0.1, 0.15) is 12.5 Å². The maximum atomic E-state index is 10.7. The third-order valence-corrected chi connectivity index (χ3v) is 3.02. The van der Waals surface area contributed by atoms with Crippen molar-refractivity contribution in [2.24, 2.45) is 0 Å². The number of aliphatic hydroxyl groups is 1. The zero-order valence-electron chi connectivity index (χ0n) is 6.90. The molecule has 70 valence electrons. The molecule has 0 aromatic heterocycles. The zero-order chi connectivity index (χ0) is 10.1. The Morgan fingerprint density at radius 1 is 1.54 bits per heavy atom. The van der Waals surface area contributed by atoms with E-state index in [4.69, 9.17) is 11.6 Å². The van der Waals surface area contributed by atoms with Crippen molar-refractivity contribution in [3.8, 4) is 0 Å². The largest absolute Gasteiger partial charge is 0.593 e. The molecule has 0 fully saturated rings. The summed E-state index contributed by atoms with van der Waals surface area (Å²) in [6.45, 7) is 1.19. The maximum Gasteiger partial charge on any atom is 0.349 e. The van der Waals surface area contributed by atoms with Gasteiger partial charge in [-0.25, -0.2) is 0 Å². The summed E-state index contributed by atoms with van der Waals surface area (Å²) in [7, 11) is -2.97. The van der Waals surface area contributed by atoms with Crippen molar-refractivity contribution in [1.29, 1.82) is 0 Å². The molecule has 0 amide bonds. The first kappa shape index (κ1) is 10.6. The van der Waals surface area contributed by atoms with E-state index in [2.05, 4.69) is 0 Å². The van der Waals surface area contributed by atoms with E-state index in [1.165, 1.54) is 19.1 Å². The van der Waals surface area contributed by atoms with E-state index in [-0.39, 0.29) is 10.6 Å². The van der Waals surface area contributed by atoms with Crippen molar-refractivity contribution in [3.05, 3.63) is 34.9 Å². The molecule has 1 aromatic rings. The second kappa shape index (κ2) is 3.72. The first-order valence-electron chi connectivity index (χ1n) is 3.58. The van der Waals surface area contributed by atoms with Gasteiger partial charge in [0, 0.05) is 6.92 Å². The molecular formula is C8H8ClO3P. The van der Waals surface area contributed by atoms with Crippen LogP contribution in [0.2, 0.25) is 5.02 Å². The highest BCUT2D eigenvalue weighted by atomic mass is 35.5.